The molecule has 4 rings (SSSR count). The third-order valence-corrected chi connectivity index (χ3v) is 5.62. The van der Waals surface area contributed by atoms with Gasteiger partial charge < -0.3 is 14.7 Å². The SMILES string of the molecule is CC(=O)O.C[C@H]1C[C@@H](N(C)C2COC2)CN(c2ccc(C#N)c3ncccc23)C1. The van der Waals surface area contributed by atoms with E-state index in [9.17, 15) is 5.26 Å². The van der Waals surface area contributed by atoms with Crippen molar-refractivity contribution in [1.82, 2.24) is 9.88 Å². The number of fused-ring (bicyclic) bond motifs is 1. The van der Waals surface area contributed by atoms with Gasteiger partial charge in [-0.3, -0.25) is 14.7 Å². The summed E-state index contributed by atoms with van der Waals surface area (Å²) >= 11 is 0. The van der Waals surface area contributed by atoms with Crippen LogP contribution in [0.3, 0.4) is 0 Å². The number of nitriles is 1. The van der Waals surface area contributed by atoms with Crippen molar-refractivity contribution in [3.63, 3.8) is 0 Å². The molecule has 0 amide bonds. The normalized spacial score (nSPS) is 21.8. The molecule has 2 saturated heterocycles. The van der Waals surface area contributed by atoms with E-state index in [-0.39, 0.29) is 0 Å². The molecule has 0 unspecified atom stereocenters. The number of likely N-dealkylation sites (N-methyl/N-ethyl adjacent to an activating group) is 1. The van der Waals surface area contributed by atoms with Crippen LogP contribution in [0.2, 0.25) is 0 Å². The highest BCUT2D eigenvalue weighted by atomic mass is 16.5. The summed E-state index contributed by atoms with van der Waals surface area (Å²) in [6.07, 6.45) is 2.98. The Bertz CT molecular complexity index is 903. The minimum atomic E-state index is -0.833. The highest BCUT2D eigenvalue weighted by Crippen LogP contribution is 2.32. The molecule has 0 spiro atoms. The summed E-state index contributed by atoms with van der Waals surface area (Å²) in [5.41, 5.74) is 2.64. The molecule has 3 heterocycles. The first-order valence-electron chi connectivity index (χ1n) is 9.92. The Kier molecular flexibility index (Phi) is 6.68. The standard InChI is InChI=1S/C20H24N4O.C2H4O2/c1-14-8-16(23(2)17-12-25-13-17)11-24(10-14)19-6-5-15(9-21)20-18(19)4-3-7-22-20;1-2(3)4/h3-7,14,16-17H,8,10-13H2,1-2H3;1H3,(H,3,4)/t14-,16+;/m0./s1. The average Bonchev–Trinajstić information content (AvgIpc) is 2.64. The number of hydrogen-bond acceptors (Lipinski definition) is 6. The van der Waals surface area contributed by atoms with E-state index in [4.69, 9.17) is 14.6 Å². The van der Waals surface area contributed by atoms with Crippen LogP contribution in [0.15, 0.2) is 30.5 Å². The van der Waals surface area contributed by atoms with Gasteiger partial charge in [-0.1, -0.05) is 6.92 Å². The molecule has 1 aromatic heterocycles. The fourth-order valence-corrected chi connectivity index (χ4v) is 4.09. The summed E-state index contributed by atoms with van der Waals surface area (Å²) in [6.45, 7) is 7.17. The Morgan fingerprint density at radius 1 is 1.31 bits per heavy atom. The number of carboxylic acids is 1. The van der Waals surface area contributed by atoms with Crippen LogP contribution in [-0.4, -0.2) is 66.4 Å². The van der Waals surface area contributed by atoms with E-state index in [1.807, 2.05) is 12.1 Å². The second kappa shape index (κ2) is 9.21. The Labute approximate surface area is 171 Å². The highest BCUT2D eigenvalue weighted by molar-refractivity contribution is 5.95. The van der Waals surface area contributed by atoms with Gasteiger partial charge in [0.2, 0.25) is 0 Å². The zero-order valence-corrected chi connectivity index (χ0v) is 17.2. The fraction of sp³-hybridized carbons (Fsp3) is 0.500. The predicted octanol–water partition coefficient (Wildman–Crippen LogP) is 2.74. The van der Waals surface area contributed by atoms with Crippen molar-refractivity contribution < 1.29 is 14.6 Å². The van der Waals surface area contributed by atoms with E-state index in [0.29, 0.717) is 23.6 Å². The number of aromatic nitrogens is 1. The van der Waals surface area contributed by atoms with Crippen LogP contribution in [0.4, 0.5) is 5.69 Å². The van der Waals surface area contributed by atoms with Gasteiger partial charge in [0.25, 0.3) is 5.97 Å². The maximum absolute atomic E-state index is 9.37. The lowest BCUT2D eigenvalue weighted by molar-refractivity contribution is -0.134. The van der Waals surface area contributed by atoms with E-state index in [0.717, 1.165) is 44.1 Å². The summed E-state index contributed by atoms with van der Waals surface area (Å²) in [5, 5.41) is 17.9. The smallest absolute Gasteiger partial charge is 0.300 e. The summed E-state index contributed by atoms with van der Waals surface area (Å²) < 4.78 is 5.37. The highest BCUT2D eigenvalue weighted by Gasteiger charge is 2.34. The van der Waals surface area contributed by atoms with Gasteiger partial charge >= 0.3 is 0 Å². The van der Waals surface area contributed by atoms with Crippen LogP contribution < -0.4 is 4.90 Å². The summed E-state index contributed by atoms with van der Waals surface area (Å²) in [5.74, 6) is -0.204. The number of pyridine rings is 1. The number of carbonyl (C=O) groups is 1. The van der Waals surface area contributed by atoms with Gasteiger partial charge in [0.15, 0.2) is 0 Å². The molecular weight excluding hydrogens is 368 g/mol. The van der Waals surface area contributed by atoms with Crippen LogP contribution in [0.1, 0.15) is 25.8 Å². The van der Waals surface area contributed by atoms with Gasteiger partial charge in [0, 0.05) is 43.3 Å². The van der Waals surface area contributed by atoms with Crippen LogP contribution >= 0.6 is 0 Å². The van der Waals surface area contributed by atoms with Crippen molar-refractivity contribution in [3.8, 4) is 6.07 Å². The van der Waals surface area contributed by atoms with Crippen molar-refractivity contribution in [1.29, 1.82) is 5.26 Å². The molecule has 1 aromatic carbocycles. The lowest BCUT2D eigenvalue weighted by Crippen LogP contribution is -2.57. The number of anilines is 1. The second-order valence-corrected chi connectivity index (χ2v) is 7.92. The minimum Gasteiger partial charge on any atom is -0.481 e. The van der Waals surface area contributed by atoms with Crippen molar-refractivity contribution in [2.24, 2.45) is 5.92 Å². The van der Waals surface area contributed by atoms with Crippen LogP contribution in [-0.2, 0) is 9.53 Å². The van der Waals surface area contributed by atoms with Gasteiger partial charge in [-0.2, -0.15) is 5.26 Å². The molecule has 7 heteroatoms. The van der Waals surface area contributed by atoms with E-state index in [2.05, 4.69) is 47.0 Å². The maximum atomic E-state index is 9.37. The molecule has 1 N–H and O–H groups in total. The molecule has 2 atom stereocenters. The predicted molar refractivity (Wildman–Crippen MR) is 112 cm³/mol. The third-order valence-electron chi connectivity index (χ3n) is 5.62. The molecule has 2 aliphatic heterocycles. The summed E-state index contributed by atoms with van der Waals surface area (Å²) in [4.78, 5) is 18.4. The van der Waals surface area contributed by atoms with E-state index < -0.39 is 5.97 Å². The van der Waals surface area contributed by atoms with E-state index in [1.54, 1.807) is 6.20 Å². The fourth-order valence-electron chi connectivity index (χ4n) is 4.09. The molecule has 0 bridgehead atoms. The van der Waals surface area contributed by atoms with Gasteiger partial charge in [-0.15, -0.1) is 0 Å². The maximum Gasteiger partial charge on any atom is 0.300 e. The Morgan fingerprint density at radius 3 is 2.66 bits per heavy atom. The lowest BCUT2D eigenvalue weighted by atomic mass is 9.93. The molecule has 7 nitrogen and oxygen atoms in total. The lowest BCUT2D eigenvalue weighted by Gasteiger charge is -2.46. The van der Waals surface area contributed by atoms with Gasteiger partial charge in [-0.05, 0) is 43.7 Å². The quantitative estimate of drug-likeness (QED) is 0.853. The van der Waals surface area contributed by atoms with Crippen LogP contribution in [0.25, 0.3) is 10.9 Å². The van der Waals surface area contributed by atoms with Crippen LogP contribution in [0.5, 0.6) is 0 Å². The Hall–Kier alpha value is -2.69. The van der Waals surface area contributed by atoms with Gasteiger partial charge in [0.1, 0.15) is 6.07 Å². The average molecular weight is 396 g/mol. The van der Waals surface area contributed by atoms with Crippen molar-refractivity contribution in [2.45, 2.75) is 32.4 Å². The Morgan fingerprint density at radius 2 is 2.03 bits per heavy atom. The topological polar surface area (TPSA) is 89.7 Å². The molecule has 0 saturated carbocycles. The van der Waals surface area contributed by atoms with Crippen molar-refractivity contribution in [3.05, 3.63) is 36.0 Å². The first kappa shape index (κ1) is 21.0. The van der Waals surface area contributed by atoms with E-state index in [1.165, 1.54) is 12.1 Å². The molecule has 29 heavy (non-hydrogen) atoms. The zero-order chi connectivity index (χ0) is 21.0. The zero-order valence-electron chi connectivity index (χ0n) is 17.2. The molecule has 0 aliphatic carbocycles. The number of nitrogens with zero attached hydrogens (tertiary/aromatic N) is 4. The number of aliphatic carboxylic acids is 1. The van der Waals surface area contributed by atoms with Crippen molar-refractivity contribution >= 4 is 22.6 Å². The minimum absolute atomic E-state index is 0.528. The van der Waals surface area contributed by atoms with Gasteiger partial charge in [-0.25, -0.2) is 0 Å². The number of ether oxygens (including phenoxy) is 1. The Balaban J connectivity index is 0.000000552. The largest absolute Gasteiger partial charge is 0.481 e. The van der Waals surface area contributed by atoms with Crippen molar-refractivity contribution in [2.75, 3.05) is 38.3 Å². The number of hydrogen-bond donors (Lipinski definition) is 1. The monoisotopic (exact) mass is 396 g/mol. The molecule has 154 valence electrons. The van der Waals surface area contributed by atoms with Gasteiger partial charge in [0.05, 0.1) is 30.3 Å². The molecule has 0 radical (unpaired) electrons. The second-order valence-electron chi connectivity index (χ2n) is 7.92. The first-order valence-corrected chi connectivity index (χ1v) is 9.92. The number of carboxylic acid groups (broad SMARTS) is 1. The summed E-state index contributed by atoms with van der Waals surface area (Å²) in [6, 6.07) is 11.4. The summed E-state index contributed by atoms with van der Waals surface area (Å²) in [7, 11) is 2.23. The molecule has 2 fully saturated rings. The van der Waals surface area contributed by atoms with Crippen LogP contribution in [0, 0.1) is 17.2 Å². The first-order chi connectivity index (χ1) is 13.9. The third kappa shape index (κ3) is 4.84. The molecular formula is C22H28N4O3. The number of benzene rings is 1. The number of rotatable bonds is 3. The van der Waals surface area contributed by atoms with E-state index >= 15 is 0 Å². The number of piperidine rings is 1. The molecule has 2 aliphatic rings. The molecule has 2 aromatic rings.